The molecule has 1 unspecified atom stereocenters. The Bertz CT molecular complexity index is 804. The fourth-order valence-electron chi connectivity index (χ4n) is 2.89. The Hall–Kier alpha value is -2.33. The number of carbonyl (C=O) groups is 2. The highest BCUT2D eigenvalue weighted by atomic mass is 35.5. The van der Waals surface area contributed by atoms with E-state index in [-0.39, 0.29) is 24.2 Å². The molecule has 0 saturated carbocycles. The molecule has 3 rings (SSSR count). The number of nitrogens with one attached hydrogen (secondary N) is 1. The molecule has 0 bridgehead atoms. The summed E-state index contributed by atoms with van der Waals surface area (Å²) >= 11 is 6.17. The van der Waals surface area contributed by atoms with E-state index >= 15 is 0 Å². The molecule has 1 heterocycles. The molecule has 1 aliphatic heterocycles. The fourth-order valence-corrected chi connectivity index (χ4v) is 3.13. The maximum Gasteiger partial charge on any atom is 0.229 e. The lowest BCUT2D eigenvalue weighted by molar-refractivity contribution is -0.122. The molecule has 5 heteroatoms. The summed E-state index contributed by atoms with van der Waals surface area (Å²) in [6.45, 7) is 4.28. The Kier molecular flexibility index (Phi) is 4.58. The van der Waals surface area contributed by atoms with Crippen molar-refractivity contribution in [2.24, 2.45) is 5.92 Å². The van der Waals surface area contributed by atoms with Crippen molar-refractivity contribution in [2.75, 3.05) is 16.8 Å². The largest absolute Gasteiger partial charge is 0.326 e. The van der Waals surface area contributed by atoms with Crippen LogP contribution in [-0.2, 0) is 9.59 Å². The summed E-state index contributed by atoms with van der Waals surface area (Å²) in [6.07, 6.45) is 0.196. The second kappa shape index (κ2) is 6.65. The van der Waals surface area contributed by atoms with Gasteiger partial charge in [0.05, 0.1) is 16.6 Å². The van der Waals surface area contributed by atoms with Crippen molar-refractivity contribution >= 4 is 34.8 Å². The summed E-state index contributed by atoms with van der Waals surface area (Å²) < 4.78 is 0. The highest BCUT2D eigenvalue weighted by Crippen LogP contribution is 2.31. The SMILES string of the molecule is Cc1ccc(C)c(NC(=O)C2CC(=O)N(c3ccccc3Cl)C2)c1. The van der Waals surface area contributed by atoms with E-state index in [1.165, 1.54) is 0 Å². The van der Waals surface area contributed by atoms with Crippen LogP contribution < -0.4 is 10.2 Å². The van der Waals surface area contributed by atoms with Gasteiger partial charge in [-0.1, -0.05) is 35.9 Å². The summed E-state index contributed by atoms with van der Waals surface area (Å²) in [5.74, 6) is -0.593. The highest BCUT2D eigenvalue weighted by Gasteiger charge is 2.35. The van der Waals surface area contributed by atoms with Gasteiger partial charge in [0.15, 0.2) is 0 Å². The molecular formula is C19H19ClN2O2. The molecule has 2 aromatic rings. The maximum absolute atomic E-state index is 12.6. The van der Waals surface area contributed by atoms with Crippen LogP contribution in [0.3, 0.4) is 0 Å². The van der Waals surface area contributed by atoms with Gasteiger partial charge in [-0.15, -0.1) is 0 Å². The first-order valence-electron chi connectivity index (χ1n) is 7.88. The van der Waals surface area contributed by atoms with Crippen molar-refractivity contribution in [3.63, 3.8) is 0 Å². The molecule has 1 atom stereocenters. The van der Waals surface area contributed by atoms with Gasteiger partial charge in [-0.2, -0.15) is 0 Å². The summed E-state index contributed by atoms with van der Waals surface area (Å²) in [5.41, 5.74) is 3.53. The average molecular weight is 343 g/mol. The van der Waals surface area contributed by atoms with Gasteiger partial charge in [-0.05, 0) is 43.2 Å². The molecule has 2 amide bonds. The molecule has 1 fully saturated rings. The number of carbonyl (C=O) groups excluding carboxylic acids is 2. The lowest BCUT2D eigenvalue weighted by atomic mass is 10.1. The zero-order valence-corrected chi connectivity index (χ0v) is 14.4. The van der Waals surface area contributed by atoms with Gasteiger partial charge >= 0.3 is 0 Å². The Morgan fingerprint density at radius 2 is 1.96 bits per heavy atom. The fraction of sp³-hybridized carbons (Fsp3) is 0.263. The van der Waals surface area contributed by atoms with Crippen molar-refractivity contribution in [3.8, 4) is 0 Å². The minimum atomic E-state index is -0.381. The number of hydrogen-bond acceptors (Lipinski definition) is 2. The van der Waals surface area contributed by atoms with E-state index in [0.29, 0.717) is 17.3 Å². The lowest BCUT2D eigenvalue weighted by Crippen LogP contribution is -2.28. The molecule has 1 N–H and O–H groups in total. The van der Waals surface area contributed by atoms with Crippen molar-refractivity contribution in [3.05, 3.63) is 58.6 Å². The van der Waals surface area contributed by atoms with Crippen molar-refractivity contribution in [2.45, 2.75) is 20.3 Å². The molecule has 0 spiro atoms. The number of amides is 2. The quantitative estimate of drug-likeness (QED) is 0.918. The topological polar surface area (TPSA) is 49.4 Å². The number of rotatable bonds is 3. The van der Waals surface area contributed by atoms with Gasteiger partial charge in [0.25, 0.3) is 0 Å². The van der Waals surface area contributed by atoms with E-state index < -0.39 is 0 Å². The molecule has 24 heavy (non-hydrogen) atoms. The van der Waals surface area contributed by atoms with Crippen LogP contribution in [0.4, 0.5) is 11.4 Å². The van der Waals surface area contributed by atoms with Gasteiger partial charge < -0.3 is 10.2 Å². The lowest BCUT2D eigenvalue weighted by Gasteiger charge is -2.18. The normalized spacial score (nSPS) is 17.2. The first-order valence-corrected chi connectivity index (χ1v) is 8.26. The Morgan fingerprint density at radius 1 is 1.21 bits per heavy atom. The zero-order valence-electron chi connectivity index (χ0n) is 13.7. The predicted molar refractivity (Wildman–Crippen MR) is 96.5 cm³/mol. The minimum absolute atomic E-state index is 0.0794. The van der Waals surface area contributed by atoms with Crippen molar-refractivity contribution in [1.29, 1.82) is 0 Å². The number of para-hydroxylation sites is 1. The summed E-state index contributed by atoms with van der Waals surface area (Å²) in [6, 6.07) is 13.1. The Morgan fingerprint density at radius 3 is 2.71 bits per heavy atom. The summed E-state index contributed by atoms with van der Waals surface area (Å²) in [7, 11) is 0. The van der Waals surface area contributed by atoms with Gasteiger partial charge in [0.2, 0.25) is 11.8 Å². The van der Waals surface area contributed by atoms with Crippen LogP contribution in [-0.4, -0.2) is 18.4 Å². The predicted octanol–water partition coefficient (Wildman–Crippen LogP) is 3.95. The van der Waals surface area contributed by atoms with Crippen LogP contribution >= 0.6 is 11.6 Å². The second-order valence-corrected chi connectivity index (χ2v) is 6.57. The van der Waals surface area contributed by atoms with Crippen LogP contribution in [0.25, 0.3) is 0 Å². The van der Waals surface area contributed by atoms with Crippen LogP contribution in [0, 0.1) is 19.8 Å². The molecule has 0 aliphatic carbocycles. The third-order valence-electron chi connectivity index (χ3n) is 4.29. The van der Waals surface area contributed by atoms with E-state index in [0.717, 1.165) is 16.8 Å². The highest BCUT2D eigenvalue weighted by molar-refractivity contribution is 6.33. The van der Waals surface area contributed by atoms with Crippen molar-refractivity contribution in [1.82, 2.24) is 0 Å². The summed E-state index contributed by atoms with van der Waals surface area (Å²) in [4.78, 5) is 26.5. The van der Waals surface area contributed by atoms with E-state index in [9.17, 15) is 9.59 Å². The van der Waals surface area contributed by atoms with Gasteiger partial charge in [-0.3, -0.25) is 9.59 Å². The van der Waals surface area contributed by atoms with Gasteiger partial charge in [0.1, 0.15) is 0 Å². The molecule has 0 radical (unpaired) electrons. The number of benzene rings is 2. The minimum Gasteiger partial charge on any atom is -0.326 e. The van der Waals surface area contributed by atoms with Crippen LogP contribution in [0.15, 0.2) is 42.5 Å². The van der Waals surface area contributed by atoms with E-state index in [1.54, 1.807) is 17.0 Å². The molecular weight excluding hydrogens is 324 g/mol. The van der Waals surface area contributed by atoms with Gasteiger partial charge in [-0.25, -0.2) is 0 Å². The molecule has 2 aromatic carbocycles. The van der Waals surface area contributed by atoms with Gasteiger partial charge in [0, 0.05) is 18.7 Å². The first-order chi connectivity index (χ1) is 11.5. The number of anilines is 2. The smallest absolute Gasteiger partial charge is 0.229 e. The average Bonchev–Trinajstić information content (AvgIpc) is 2.93. The second-order valence-electron chi connectivity index (χ2n) is 6.16. The number of halogens is 1. The standard InChI is InChI=1S/C19H19ClN2O2/c1-12-7-8-13(2)16(9-12)21-19(24)14-10-18(23)22(11-14)17-6-4-3-5-15(17)20/h3-9,14H,10-11H2,1-2H3,(H,21,24). The zero-order chi connectivity index (χ0) is 17.3. The molecule has 1 aliphatic rings. The number of nitrogens with zero attached hydrogens (tertiary/aromatic N) is 1. The molecule has 124 valence electrons. The first kappa shape index (κ1) is 16.5. The number of aryl methyl sites for hydroxylation is 2. The maximum atomic E-state index is 12.6. The van der Waals surface area contributed by atoms with Crippen LogP contribution in [0.1, 0.15) is 17.5 Å². The third kappa shape index (κ3) is 3.29. The van der Waals surface area contributed by atoms with Crippen LogP contribution in [0.5, 0.6) is 0 Å². The molecule has 1 saturated heterocycles. The van der Waals surface area contributed by atoms with Crippen molar-refractivity contribution < 1.29 is 9.59 Å². The Balaban J connectivity index is 1.75. The van der Waals surface area contributed by atoms with E-state index in [1.807, 2.05) is 44.2 Å². The van der Waals surface area contributed by atoms with Crippen LogP contribution in [0.2, 0.25) is 5.02 Å². The number of hydrogen-bond donors (Lipinski definition) is 1. The van der Waals surface area contributed by atoms with E-state index in [4.69, 9.17) is 11.6 Å². The monoisotopic (exact) mass is 342 g/mol. The third-order valence-corrected chi connectivity index (χ3v) is 4.61. The Labute approximate surface area is 146 Å². The molecule has 4 nitrogen and oxygen atoms in total. The summed E-state index contributed by atoms with van der Waals surface area (Å²) in [5, 5.41) is 3.46. The van der Waals surface area contributed by atoms with E-state index in [2.05, 4.69) is 5.32 Å². The molecule has 0 aromatic heterocycles.